The Hall–Kier alpha value is -3.26. The van der Waals surface area contributed by atoms with Gasteiger partial charge in [0.15, 0.2) is 0 Å². The molecule has 0 saturated carbocycles. The lowest BCUT2D eigenvalue weighted by Gasteiger charge is -2.49. The molecule has 14 heteroatoms. The number of hydrogen-bond donors (Lipinski definition) is 3. The zero-order valence-corrected chi connectivity index (χ0v) is 18.4. The lowest BCUT2D eigenvalue weighted by molar-refractivity contribution is -0.137. The van der Waals surface area contributed by atoms with Crippen molar-refractivity contribution < 1.29 is 35.5 Å². The molecule has 9 nitrogen and oxygen atoms in total. The van der Waals surface area contributed by atoms with Crippen LogP contribution in [0.3, 0.4) is 0 Å². The summed E-state index contributed by atoms with van der Waals surface area (Å²) >= 11 is 0. The van der Waals surface area contributed by atoms with E-state index in [-0.39, 0.29) is 30.0 Å². The number of ether oxygens (including phenoxy) is 1. The topological polar surface area (TPSA) is 124 Å². The summed E-state index contributed by atoms with van der Waals surface area (Å²) in [6, 6.07) is 5.05. The zero-order chi connectivity index (χ0) is 24.9. The summed E-state index contributed by atoms with van der Waals surface area (Å²) in [5, 5.41) is 13.2. The molecule has 0 aliphatic carbocycles. The number of fused-ring (bicyclic) bond motifs is 1. The van der Waals surface area contributed by atoms with E-state index in [9.17, 15) is 26.4 Å². The summed E-state index contributed by atoms with van der Waals surface area (Å²) in [7, 11) is -2.98. The first-order chi connectivity index (χ1) is 15.9. The Morgan fingerprint density at radius 3 is 2.71 bits per heavy atom. The standard InChI is InChI=1S/C20H19F4N5O4S/c1-29-18(25)28-19(7-2-8-33-17(19)34(29,31)32)13-9-12(4-5-14(13)21)27-16(30)15-6-3-11(10-26-15)20(22,23)24/h3-6,9-10,17H,2,7-8H2,1H3,(H2,25,28)(H,27,30)/t17?,19-/m1/s1. The van der Waals surface area contributed by atoms with Gasteiger partial charge in [-0.25, -0.2) is 17.1 Å². The number of amides is 1. The Morgan fingerprint density at radius 1 is 1.32 bits per heavy atom. The highest BCUT2D eigenvalue weighted by atomic mass is 32.2. The van der Waals surface area contributed by atoms with Crippen molar-refractivity contribution in [2.45, 2.75) is 30.0 Å². The second-order valence-corrected chi connectivity index (χ2v) is 9.85. The number of nitrogens with zero attached hydrogens (tertiary/aromatic N) is 2. The van der Waals surface area contributed by atoms with Gasteiger partial charge in [-0.15, -0.1) is 0 Å². The van der Waals surface area contributed by atoms with Crippen LogP contribution in [0.2, 0.25) is 0 Å². The van der Waals surface area contributed by atoms with Crippen molar-refractivity contribution in [2.75, 3.05) is 19.0 Å². The van der Waals surface area contributed by atoms with Crippen molar-refractivity contribution >= 4 is 27.6 Å². The van der Waals surface area contributed by atoms with Crippen LogP contribution < -0.4 is 10.6 Å². The molecule has 2 saturated heterocycles. The average molecular weight is 501 g/mol. The molecule has 1 unspecified atom stereocenters. The largest absolute Gasteiger partial charge is 0.417 e. The molecule has 34 heavy (non-hydrogen) atoms. The monoisotopic (exact) mass is 501 g/mol. The SMILES string of the molecule is CN1C(=N)N[C@@]2(c3cc(NC(=O)c4ccc(C(F)(F)F)cn4)ccc3F)CCCOC2S1(=O)=O. The van der Waals surface area contributed by atoms with Crippen LogP contribution in [-0.4, -0.2) is 48.7 Å². The molecule has 0 spiro atoms. The highest BCUT2D eigenvalue weighted by Gasteiger charge is 2.57. The third kappa shape index (κ3) is 3.96. The first-order valence-corrected chi connectivity index (χ1v) is 11.5. The molecule has 4 rings (SSSR count). The fourth-order valence-corrected chi connectivity index (χ4v) is 5.66. The number of guanidine groups is 1. The second-order valence-electron chi connectivity index (χ2n) is 7.84. The number of alkyl halides is 3. The summed E-state index contributed by atoms with van der Waals surface area (Å²) < 4.78 is 85.2. The van der Waals surface area contributed by atoms with Gasteiger partial charge in [-0.3, -0.25) is 15.2 Å². The molecule has 2 aromatic rings. The number of sulfonamides is 1. The smallest absolute Gasteiger partial charge is 0.358 e. The molecule has 182 valence electrons. The van der Waals surface area contributed by atoms with Gasteiger partial charge in [0.25, 0.3) is 15.9 Å². The quantitative estimate of drug-likeness (QED) is 0.556. The van der Waals surface area contributed by atoms with E-state index in [1.807, 2.05) is 0 Å². The van der Waals surface area contributed by atoms with Crippen LogP contribution in [0.1, 0.15) is 34.5 Å². The first-order valence-electron chi connectivity index (χ1n) is 9.97. The molecule has 1 aromatic heterocycles. The highest BCUT2D eigenvalue weighted by molar-refractivity contribution is 7.90. The molecule has 1 amide bonds. The Balaban J connectivity index is 1.68. The maximum Gasteiger partial charge on any atom is 0.417 e. The van der Waals surface area contributed by atoms with Crippen LogP contribution in [-0.2, 0) is 26.5 Å². The van der Waals surface area contributed by atoms with Crippen LogP contribution in [0.5, 0.6) is 0 Å². The first kappa shape index (κ1) is 23.9. The van der Waals surface area contributed by atoms with Gasteiger partial charge in [-0.2, -0.15) is 13.2 Å². The van der Waals surface area contributed by atoms with Gasteiger partial charge in [0.1, 0.15) is 17.1 Å². The number of nitrogens with one attached hydrogen (secondary N) is 3. The fraction of sp³-hybridized carbons (Fsp3) is 0.350. The molecular formula is C20H19F4N5O4S. The van der Waals surface area contributed by atoms with Crippen LogP contribution in [0.4, 0.5) is 23.2 Å². The van der Waals surface area contributed by atoms with Gasteiger partial charge in [-0.05, 0) is 43.2 Å². The van der Waals surface area contributed by atoms with Gasteiger partial charge < -0.3 is 15.4 Å². The van der Waals surface area contributed by atoms with E-state index in [0.717, 1.165) is 12.1 Å². The maximum atomic E-state index is 15.0. The van der Waals surface area contributed by atoms with Crippen molar-refractivity contribution in [1.82, 2.24) is 14.6 Å². The van der Waals surface area contributed by atoms with Gasteiger partial charge in [0, 0.05) is 31.1 Å². The molecule has 0 radical (unpaired) electrons. The number of pyridine rings is 1. The number of hydrogen-bond acceptors (Lipinski definition) is 6. The number of halogens is 4. The molecule has 3 heterocycles. The zero-order valence-electron chi connectivity index (χ0n) is 17.6. The van der Waals surface area contributed by atoms with Crippen LogP contribution in [0.15, 0.2) is 36.5 Å². The molecule has 2 fully saturated rings. The van der Waals surface area contributed by atoms with Crippen molar-refractivity contribution in [1.29, 1.82) is 5.41 Å². The van der Waals surface area contributed by atoms with E-state index in [4.69, 9.17) is 10.1 Å². The van der Waals surface area contributed by atoms with Gasteiger partial charge in [0.2, 0.25) is 11.4 Å². The lowest BCUT2D eigenvalue weighted by Crippen LogP contribution is -2.69. The van der Waals surface area contributed by atoms with Gasteiger partial charge >= 0.3 is 6.18 Å². The number of benzene rings is 1. The second kappa shape index (κ2) is 8.20. The van der Waals surface area contributed by atoms with E-state index >= 15 is 4.39 Å². The Labute approximate surface area is 191 Å². The Morgan fingerprint density at radius 2 is 2.06 bits per heavy atom. The minimum atomic E-state index is -4.61. The Kier molecular flexibility index (Phi) is 5.76. The average Bonchev–Trinajstić information content (AvgIpc) is 2.78. The van der Waals surface area contributed by atoms with E-state index < -0.39 is 50.4 Å². The fourth-order valence-electron chi connectivity index (χ4n) is 3.99. The van der Waals surface area contributed by atoms with Crippen LogP contribution >= 0.6 is 0 Å². The summed E-state index contributed by atoms with van der Waals surface area (Å²) in [5.74, 6) is -2.11. The minimum Gasteiger partial charge on any atom is -0.358 e. The molecule has 2 atom stereocenters. The maximum absolute atomic E-state index is 15.0. The van der Waals surface area contributed by atoms with Crippen LogP contribution in [0, 0.1) is 11.2 Å². The van der Waals surface area contributed by atoms with Crippen molar-refractivity contribution in [2.24, 2.45) is 0 Å². The molecule has 2 aliphatic rings. The third-order valence-corrected chi connectivity index (χ3v) is 7.75. The predicted octanol–water partition coefficient (Wildman–Crippen LogP) is 2.62. The minimum absolute atomic E-state index is 0.0476. The van der Waals surface area contributed by atoms with Gasteiger partial charge in [0.05, 0.1) is 5.56 Å². The normalized spacial score (nSPS) is 24.2. The molecule has 3 N–H and O–H groups in total. The summed E-state index contributed by atoms with van der Waals surface area (Å²) in [6.45, 7) is 0.117. The summed E-state index contributed by atoms with van der Waals surface area (Å²) in [5.41, 5.74) is -4.57. The number of anilines is 1. The molecular weight excluding hydrogens is 482 g/mol. The van der Waals surface area contributed by atoms with Crippen molar-refractivity contribution in [3.05, 3.63) is 59.2 Å². The third-order valence-electron chi connectivity index (χ3n) is 5.72. The number of rotatable bonds is 3. The number of aromatic nitrogens is 1. The van der Waals surface area contributed by atoms with E-state index in [0.29, 0.717) is 23.0 Å². The van der Waals surface area contributed by atoms with E-state index in [1.54, 1.807) is 0 Å². The van der Waals surface area contributed by atoms with Crippen LogP contribution in [0.25, 0.3) is 0 Å². The van der Waals surface area contributed by atoms with Crippen molar-refractivity contribution in [3.63, 3.8) is 0 Å². The Bertz CT molecular complexity index is 1250. The van der Waals surface area contributed by atoms with E-state index in [2.05, 4.69) is 15.6 Å². The molecule has 0 bridgehead atoms. The molecule has 1 aromatic carbocycles. The summed E-state index contributed by atoms with van der Waals surface area (Å²) in [6.07, 6.45) is -3.59. The summed E-state index contributed by atoms with van der Waals surface area (Å²) in [4.78, 5) is 16.0. The van der Waals surface area contributed by atoms with Crippen molar-refractivity contribution in [3.8, 4) is 0 Å². The van der Waals surface area contributed by atoms with E-state index in [1.165, 1.54) is 19.2 Å². The van der Waals surface area contributed by atoms with Gasteiger partial charge in [-0.1, -0.05) is 0 Å². The predicted molar refractivity (Wildman–Crippen MR) is 112 cm³/mol. The number of carbonyl (C=O) groups excluding carboxylic acids is 1. The molecule has 2 aliphatic heterocycles. The highest BCUT2D eigenvalue weighted by Crippen LogP contribution is 2.43. The number of carbonyl (C=O) groups is 1. The lowest BCUT2D eigenvalue weighted by atomic mass is 9.83.